The first-order valence-corrected chi connectivity index (χ1v) is 2.86. The lowest BCUT2D eigenvalue weighted by atomic mass is 10.5. The fourth-order valence-corrected chi connectivity index (χ4v) is 0.754. The second-order valence-corrected chi connectivity index (χ2v) is 1.77. The highest BCUT2D eigenvalue weighted by molar-refractivity contribution is 4.53. The van der Waals surface area contributed by atoms with Crippen LogP contribution in [0.5, 0.6) is 0 Å². The molecule has 3 nitrogen and oxygen atoms in total. The first-order chi connectivity index (χ1) is 3.93. The van der Waals surface area contributed by atoms with Crippen molar-refractivity contribution in [2.45, 2.75) is 0 Å². The normalized spacial score (nSPS) is 23.6. The third-order valence-electron chi connectivity index (χ3n) is 1.27. The highest BCUT2D eigenvalue weighted by Crippen LogP contribution is 1.90. The standard InChI is InChI=1S/C5H11N2O/c1-6-7-2-4-8-5-3-7/h2-5H2,1H3. The van der Waals surface area contributed by atoms with Gasteiger partial charge in [0.2, 0.25) is 0 Å². The molecule has 0 aromatic carbocycles. The number of morpholine rings is 1. The van der Waals surface area contributed by atoms with Gasteiger partial charge in [-0.15, -0.1) is 0 Å². The molecule has 1 radical (unpaired) electrons. The van der Waals surface area contributed by atoms with Crippen molar-refractivity contribution in [1.82, 2.24) is 10.4 Å². The fraction of sp³-hybridized carbons (Fsp3) is 1.00. The summed E-state index contributed by atoms with van der Waals surface area (Å²) in [7, 11) is 1.81. The second-order valence-electron chi connectivity index (χ2n) is 1.77. The Balaban J connectivity index is 2.13. The molecule has 1 aliphatic rings. The monoisotopic (exact) mass is 115 g/mol. The van der Waals surface area contributed by atoms with Crippen LogP contribution in [0.15, 0.2) is 0 Å². The summed E-state index contributed by atoms with van der Waals surface area (Å²) in [5.41, 5.74) is 4.00. The van der Waals surface area contributed by atoms with Crippen LogP contribution in [0.25, 0.3) is 0 Å². The van der Waals surface area contributed by atoms with Gasteiger partial charge in [0.1, 0.15) is 0 Å². The van der Waals surface area contributed by atoms with Gasteiger partial charge in [-0.1, -0.05) is 0 Å². The summed E-state index contributed by atoms with van der Waals surface area (Å²) in [6.45, 7) is 3.57. The van der Waals surface area contributed by atoms with E-state index in [0.717, 1.165) is 26.3 Å². The van der Waals surface area contributed by atoms with Crippen LogP contribution in [-0.4, -0.2) is 38.4 Å². The Kier molecular flexibility index (Phi) is 2.27. The maximum Gasteiger partial charge on any atom is 0.0608 e. The Morgan fingerprint density at radius 1 is 1.38 bits per heavy atom. The number of ether oxygens (including phenoxy) is 1. The second kappa shape index (κ2) is 3.02. The molecule has 0 amide bonds. The minimum Gasteiger partial charge on any atom is -0.379 e. The van der Waals surface area contributed by atoms with Crippen LogP contribution in [0, 0.1) is 0 Å². The maximum atomic E-state index is 5.10. The first-order valence-electron chi connectivity index (χ1n) is 2.86. The Bertz CT molecular complexity index is 61.4. The zero-order valence-electron chi connectivity index (χ0n) is 5.13. The predicted molar refractivity (Wildman–Crippen MR) is 30.4 cm³/mol. The number of rotatable bonds is 1. The molecule has 3 heteroatoms. The largest absolute Gasteiger partial charge is 0.379 e. The van der Waals surface area contributed by atoms with Crippen LogP contribution in [0.4, 0.5) is 0 Å². The van der Waals surface area contributed by atoms with E-state index in [0.29, 0.717) is 0 Å². The third-order valence-corrected chi connectivity index (χ3v) is 1.27. The minimum atomic E-state index is 0.831. The molecule has 0 aliphatic carbocycles. The van der Waals surface area contributed by atoms with Crippen molar-refractivity contribution >= 4 is 0 Å². The van der Waals surface area contributed by atoms with Gasteiger partial charge >= 0.3 is 0 Å². The molecule has 0 saturated carbocycles. The average molecular weight is 115 g/mol. The zero-order valence-corrected chi connectivity index (χ0v) is 5.13. The Morgan fingerprint density at radius 3 is 2.38 bits per heavy atom. The van der Waals surface area contributed by atoms with Gasteiger partial charge in [0.05, 0.1) is 13.2 Å². The molecule has 1 saturated heterocycles. The van der Waals surface area contributed by atoms with Gasteiger partial charge in [0.25, 0.3) is 0 Å². The van der Waals surface area contributed by atoms with E-state index in [4.69, 9.17) is 4.74 Å². The Morgan fingerprint density at radius 2 is 2.00 bits per heavy atom. The van der Waals surface area contributed by atoms with Crippen molar-refractivity contribution in [2.24, 2.45) is 0 Å². The zero-order chi connectivity index (χ0) is 5.82. The number of hydrogen-bond donors (Lipinski definition) is 0. The first kappa shape index (κ1) is 6.01. The summed E-state index contributed by atoms with van der Waals surface area (Å²) in [6, 6.07) is 0. The van der Waals surface area contributed by atoms with Gasteiger partial charge < -0.3 is 4.74 Å². The van der Waals surface area contributed by atoms with Crippen molar-refractivity contribution in [3.05, 3.63) is 0 Å². The van der Waals surface area contributed by atoms with Gasteiger partial charge in [-0.2, -0.15) is 5.43 Å². The van der Waals surface area contributed by atoms with Crippen molar-refractivity contribution in [3.8, 4) is 0 Å². The Hall–Kier alpha value is -0.120. The molecular formula is C5H11N2O. The van der Waals surface area contributed by atoms with Crippen LogP contribution in [0.2, 0.25) is 0 Å². The fourth-order valence-electron chi connectivity index (χ4n) is 0.754. The molecule has 1 rings (SSSR count). The van der Waals surface area contributed by atoms with Crippen LogP contribution < -0.4 is 5.43 Å². The number of hydrogen-bond acceptors (Lipinski definition) is 2. The summed E-state index contributed by atoms with van der Waals surface area (Å²) in [4.78, 5) is 0. The minimum absolute atomic E-state index is 0.831. The van der Waals surface area contributed by atoms with E-state index >= 15 is 0 Å². The predicted octanol–water partition coefficient (Wildman–Crippen LogP) is -0.532. The van der Waals surface area contributed by atoms with E-state index in [1.807, 2.05) is 12.1 Å². The van der Waals surface area contributed by atoms with E-state index in [9.17, 15) is 0 Å². The van der Waals surface area contributed by atoms with Crippen LogP contribution in [0.1, 0.15) is 0 Å². The lowest BCUT2D eigenvalue weighted by Gasteiger charge is -2.23. The molecule has 0 atom stereocenters. The van der Waals surface area contributed by atoms with Crippen LogP contribution in [-0.2, 0) is 4.74 Å². The molecule has 1 aliphatic heterocycles. The van der Waals surface area contributed by atoms with Gasteiger partial charge in [-0.3, -0.25) is 0 Å². The summed E-state index contributed by atoms with van der Waals surface area (Å²) < 4.78 is 5.10. The summed E-state index contributed by atoms with van der Waals surface area (Å²) in [5.74, 6) is 0. The summed E-state index contributed by atoms with van der Waals surface area (Å²) in [6.07, 6.45) is 0. The lowest BCUT2D eigenvalue weighted by molar-refractivity contribution is 0.0147. The summed E-state index contributed by atoms with van der Waals surface area (Å²) >= 11 is 0. The quantitative estimate of drug-likeness (QED) is 0.459. The molecular weight excluding hydrogens is 104 g/mol. The molecule has 0 aromatic rings. The van der Waals surface area contributed by atoms with Crippen molar-refractivity contribution in [3.63, 3.8) is 0 Å². The highest BCUT2D eigenvalue weighted by Gasteiger charge is 2.06. The van der Waals surface area contributed by atoms with Crippen molar-refractivity contribution in [2.75, 3.05) is 33.4 Å². The molecule has 0 aromatic heterocycles. The Labute approximate surface area is 49.6 Å². The topological polar surface area (TPSA) is 26.6 Å². The third kappa shape index (κ3) is 1.43. The van der Waals surface area contributed by atoms with Gasteiger partial charge in [0, 0.05) is 20.1 Å². The van der Waals surface area contributed by atoms with Crippen molar-refractivity contribution in [1.29, 1.82) is 0 Å². The highest BCUT2D eigenvalue weighted by atomic mass is 16.5. The average Bonchev–Trinajstić information content (AvgIpc) is 1.90. The van der Waals surface area contributed by atoms with Gasteiger partial charge in [0.15, 0.2) is 0 Å². The van der Waals surface area contributed by atoms with E-state index in [1.165, 1.54) is 0 Å². The molecule has 0 N–H and O–H groups in total. The lowest BCUT2D eigenvalue weighted by Crippen LogP contribution is -2.39. The molecule has 0 bridgehead atoms. The molecule has 1 heterocycles. The molecule has 8 heavy (non-hydrogen) atoms. The van der Waals surface area contributed by atoms with E-state index in [2.05, 4.69) is 5.43 Å². The SMILES string of the molecule is C[N]N1CCOCC1. The van der Waals surface area contributed by atoms with E-state index in [-0.39, 0.29) is 0 Å². The summed E-state index contributed by atoms with van der Waals surface area (Å²) in [5, 5.41) is 2.02. The van der Waals surface area contributed by atoms with E-state index in [1.54, 1.807) is 0 Å². The maximum absolute atomic E-state index is 5.10. The molecule has 0 unspecified atom stereocenters. The van der Waals surface area contributed by atoms with Gasteiger partial charge in [-0.05, 0) is 0 Å². The molecule has 1 fully saturated rings. The van der Waals surface area contributed by atoms with Crippen LogP contribution in [0.3, 0.4) is 0 Å². The van der Waals surface area contributed by atoms with Gasteiger partial charge in [-0.25, -0.2) is 5.01 Å². The molecule has 47 valence electrons. The van der Waals surface area contributed by atoms with Crippen LogP contribution >= 0.6 is 0 Å². The van der Waals surface area contributed by atoms with Crippen molar-refractivity contribution < 1.29 is 4.74 Å². The smallest absolute Gasteiger partial charge is 0.0608 e. The van der Waals surface area contributed by atoms with E-state index < -0.39 is 0 Å². The molecule has 0 spiro atoms. The number of nitrogens with zero attached hydrogens (tertiary/aromatic N) is 2.